The average molecular weight is 251 g/mol. The number of anilines is 1. The van der Waals surface area contributed by atoms with Gasteiger partial charge in [0.2, 0.25) is 0 Å². The van der Waals surface area contributed by atoms with Crippen LogP contribution in [-0.2, 0) is 0 Å². The number of nitrogen functional groups attached to an aromatic ring is 1. The van der Waals surface area contributed by atoms with Crippen LogP contribution >= 0.6 is 11.6 Å². The molecule has 1 aromatic heterocycles. The molecular formula is C10H11ClN6. The van der Waals surface area contributed by atoms with Gasteiger partial charge in [0.15, 0.2) is 5.82 Å². The lowest BCUT2D eigenvalue weighted by molar-refractivity contribution is 0.926. The number of halogens is 1. The van der Waals surface area contributed by atoms with Crippen molar-refractivity contribution >= 4 is 23.8 Å². The first-order valence-electron chi connectivity index (χ1n) is 4.89. The number of hydrazone groups is 1. The van der Waals surface area contributed by atoms with Gasteiger partial charge in [0.25, 0.3) is 5.95 Å². The zero-order valence-electron chi connectivity index (χ0n) is 9.13. The molecule has 7 heteroatoms. The number of aromatic nitrogens is 3. The fourth-order valence-corrected chi connectivity index (χ4v) is 1.37. The molecule has 0 aliphatic heterocycles. The van der Waals surface area contributed by atoms with Crippen LogP contribution in [0.2, 0.25) is 5.02 Å². The molecule has 0 fully saturated rings. The lowest BCUT2D eigenvalue weighted by atomic mass is 10.2. The second kappa shape index (κ2) is 4.84. The number of rotatable bonds is 3. The third-order valence-electron chi connectivity index (χ3n) is 2.14. The average Bonchev–Trinajstić information content (AvgIpc) is 2.63. The van der Waals surface area contributed by atoms with Crippen molar-refractivity contribution < 1.29 is 0 Å². The van der Waals surface area contributed by atoms with Crippen LogP contribution in [0, 0.1) is 6.92 Å². The summed E-state index contributed by atoms with van der Waals surface area (Å²) in [6, 6.07) is 7.38. The second-order valence-electron chi connectivity index (χ2n) is 3.33. The predicted octanol–water partition coefficient (Wildman–Crippen LogP) is 1.40. The first-order valence-corrected chi connectivity index (χ1v) is 5.27. The Morgan fingerprint density at radius 3 is 2.82 bits per heavy atom. The summed E-state index contributed by atoms with van der Waals surface area (Å²) in [5, 5.41) is 12.2. The Labute approximate surface area is 103 Å². The van der Waals surface area contributed by atoms with Crippen molar-refractivity contribution in [3.05, 3.63) is 40.7 Å². The van der Waals surface area contributed by atoms with Gasteiger partial charge in [-0.25, -0.2) is 10.1 Å². The molecule has 0 atom stereocenters. The Balaban J connectivity index is 2.08. The summed E-state index contributed by atoms with van der Waals surface area (Å²) in [4.78, 5) is 0. The van der Waals surface area contributed by atoms with E-state index in [-0.39, 0.29) is 0 Å². The third kappa shape index (κ3) is 2.54. The van der Waals surface area contributed by atoms with E-state index in [9.17, 15) is 0 Å². The summed E-state index contributed by atoms with van der Waals surface area (Å²) in [5.74, 6) is 6.61. The number of nitrogens with two attached hydrogens (primary N) is 1. The highest BCUT2D eigenvalue weighted by Gasteiger charge is 2.02. The number of hydrogen-bond donors (Lipinski definition) is 2. The number of nitrogens with zero attached hydrogens (tertiary/aromatic N) is 4. The smallest absolute Gasteiger partial charge is 0.263 e. The van der Waals surface area contributed by atoms with Crippen molar-refractivity contribution in [2.75, 3.05) is 11.3 Å². The zero-order chi connectivity index (χ0) is 12.3. The van der Waals surface area contributed by atoms with E-state index in [2.05, 4.69) is 20.7 Å². The van der Waals surface area contributed by atoms with Crippen LogP contribution in [0.5, 0.6) is 0 Å². The molecule has 17 heavy (non-hydrogen) atoms. The van der Waals surface area contributed by atoms with Crippen LogP contribution in [0.4, 0.5) is 5.95 Å². The van der Waals surface area contributed by atoms with Gasteiger partial charge in [0.1, 0.15) is 0 Å². The van der Waals surface area contributed by atoms with Crippen LogP contribution in [0.25, 0.3) is 0 Å². The highest BCUT2D eigenvalue weighted by Crippen LogP contribution is 2.12. The van der Waals surface area contributed by atoms with Crippen LogP contribution in [0.3, 0.4) is 0 Å². The van der Waals surface area contributed by atoms with E-state index in [1.807, 2.05) is 18.2 Å². The van der Waals surface area contributed by atoms with Gasteiger partial charge in [-0.2, -0.15) is 5.10 Å². The Morgan fingerprint density at radius 2 is 2.18 bits per heavy atom. The maximum Gasteiger partial charge on any atom is 0.263 e. The van der Waals surface area contributed by atoms with Crippen molar-refractivity contribution in [3.8, 4) is 0 Å². The number of nitrogens with one attached hydrogen (secondary N) is 1. The van der Waals surface area contributed by atoms with Crippen molar-refractivity contribution in [2.24, 2.45) is 5.10 Å². The molecule has 0 aliphatic carbocycles. The van der Waals surface area contributed by atoms with E-state index in [4.69, 9.17) is 17.4 Å². The van der Waals surface area contributed by atoms with E-state index in [0.29, 0.717) is 16.8 Å². The Hall–Kier alpha value is -2.08. The SMILES string of the molecule is Cc1nnc(N/N=C/c2ccccc2Cl)n1N. The topological polar surface area (TPSA) is 81.1 Å². The maximum atomic E-state index is 5.96. The highest BCUT2D eigenvalue weighted by molar-refractivity contribution is 6.33. The first kappa shape index (κ1) is 11.4. The van der Waals surface area contributed by atoms with Gasteiger partial charge in [0, 0.05) is 10.6 Å². The molecule has 3 N–H and O–H groups in total. The van der Waals surface area contributed by atoms with Gasteiger partial charge < -0.3 is 5.84 Å². The minimum atomic E-state index is 0.366. The minimum Gasteiger partial charge on any atom is -0.335 e. The van der Waals surface area contributed by atoms with Crippen LogP contribution in [0.1, 0.15) is 11.4 Å². The molecule has 2 aromatic rings. The normalized spacial score (nSPS) is 10.9. The van der Waals surface area contributed by atoms with E-state index >= 15 is 0 Å². The zero-order valence-corrected chi connectivity index (χ0v) is 9.89. The predicted molar refractivity (Wildman–Crippen MR) is 67.6 cm³/mol. The molecule has 0 saturated heterocycles. The fraction of sp³-hybridized carbons (Fsp3) is 0.100. The lowest BCUT2D eigenvalue weighted by Gasteiger charge is -1.99. The maximum absolute atomic E-state index is 5.96. The monoisotopic (exact) mass is 250 g/mol. The molecule has 0 unspecified atom stereocenters. The number of aryl methyl sites for hydroxylation is 1. The van der Waals surface area contributed by atoms with E-state index in [1.54, 1.807) is 19.2 Å². The highest BCUT2D eigenvalue weighted by atomic mass is 35.5. The van der Waals surface area contributed by atoms with Crippen LogP contribution in [-0.4, -0.2) is 21.1 Å². The van der Waals surface area contributed by atoms with Gasteiger partial charge in [-0.05, 0) is 13.0 Å². The second-order valence-corrected chi connectivity index (χ2v) is 3.74. The van der Waals surface area contributed by atoms with Crippen LogP contribution < -0.4 is 11.3 Å². The van der Waals surface area contributed by atoms with Crippen molar-refractivity contribution in [1.82, 2.24) is 14.9 Å². The van der Waals surface area contributed by atoms with Crippen molar-refractivity contribution in [1.29, 1.82) is 0 Å². The van der Waals surface area contributed by atoms with E-state index in [0.717, 1.165) is 5.56 Å². The summed E-state index contributed by atoms with van der Waals surface area (Å²) < 4.78 is 1.31. The molecule has 0 bridgehead atoms. The molecule has 1 heterocycles. The minimum absolute atomic E-state index is 0.366. The summed E-state index contributed by atoms with van der Waals surface area (Å²) in [7, 11) is 0. The standard InChI is InChI=1S/C10H11ClN6/c1-7-14-16-10(17(7)12)15-13-6-8-4-2-3-5-9(8)11/h2-6H,12H2,1H3,(H,15,16)/b13-6+. The van der Waals surface area contributed by atoms with Gasteiger partial charge in [-0.3, -0.25) is 0 Å². The van der Waals surface area contributed by atoms with Crippen molar-refractivity contribution in [3.63, 3.8) is 0 Å². The molecule has 0 amide bonds. The first-order chi connectivity index (χ1) is 8.18. The molecular weight excluding hydrogens is 240 g/mol. The Morgan fingerprint density at radius 1 is 1.41 bits per heavy atom. The van der Waals surface area contributed by atoms with Gasteiger partial charge in [0.05, 0.1) is 6.21 Å². The molecule has 88 valence electrons. The quantitative estimate of drug-likeness (QED) is 0.490. The van der Waals surface area contributed by atoms with E-state index < -0.39 is 0 Å². The van der Waals surface area contributed by atoms with Gasteiger partial charge in [-0.15, -0.1) is 10.2 Å². The van der Waals surface area contributed by atoms with Gasteiger partial charge in [-0.1, -0.05) is 29.8 Å². The summed E-state index contributed by atoms with van der Waals surface area (Å²) >= 11 is 5.96. The Bertz CT molecular complexity index is 547. The lowest BCUT2D eigenvalue weighted by Crippen LogP contribution is -2.13. The fourth-order valence-electron chi connectivity index (χ4n) is 1.18. The molecule has 0 radical (unpaired) electrons. The molecule has 0 saturated carbocycles. The van der Waals surface area contributed by atoms with Gasteiger partial charge >= 0.3 is 0 Å². The third-order valence-corrected chi connectivity index (χ3v) is 2.48. The number of benzene rings is 1. The largest absolute Gasteiger partial charge is 0.335 e. The molecule has 1 aromatic carbocycles. The molecule has 6 nitrogen and oxygen atoms in total. The summed E-state index contributed by atoms with van der Waals surface area (Å²) in [6.07, 6.45) is 1.59. The van der Waals surface area contributed by atoms with E-state index in [1.165, 1.54) is 4.68 Å². The number of hydrogen-bond acceptors (Lipinski definition) is 5. The molecule has 2 rings (SSSR count). The van der Waals surface area contributed by atoms with Crippen LogP contribution in [0.15, 0.2) is 29.4 Å². The Kier molecular flexibility index (Phi) is 3.24. The molecule has 0 spiro atoms. The summed E-state index contributed by atoms with van der Waals surface area (Å²) in [6.45, 7) is 1.75. The summed E-state index contributed by atoms with van der Waals surface area (Å²) in [5.41, 5.74) is 3.49. The molecule has 0 aliphatic rings. The van der Waals surface area contributed by atoms with Crippen molar-refractivity contribution in [2.45, 2.75) is 6.92 Å².